The van der Waals surface area contributed by atoms with Gasteiger partial charge in [0, 0.05) is 28.0 Å². The molecule has 0 aliphatic rings. The number of furan rings is 1. The Morgan fingerprint density at radius 1 is 0.360 bits per heavy atom. The van der Waals surface area contributed by atoms with Crippen LogP contribution in [0.5, 0.6) is 0 Å². The van der Waals surface area contributed by atoms with Crippen molar-refractivity contribution in [2.75, 3.05) is 0 Å². The molecule has 0 unspecified atom stereocenters. The van der Waals surface area contributed by atoms with Crippen LogP contribution < -0.4 is 0 Å². The van der Waals surface area contributed by atoms with E-state index < -0.39 is 0 Å². The van der Waals surface area contributed by atoms with E-state index in [4.69, 9.17) is 4.42 Å². The SMILES string of the molecule is c1cnc2c(c1)oc1ccc(-c3ccc(-c4ccc(-c5ccc(-c6ccc(-n7c8ccccc8c8ccccc87)cc6)cc5)cc4)cc3)cc12. The fraction of sp³-hybridized carbons (Fsp3) is 0. The molecule has 234 valence electrons. The second-order valence-corrected chi connectivity index (χ2v) is 12.8. The summed E-state index contributed by atoms with van der Waals surface area (Å²) in [7, 11) is 0. The molecular formula is C47H30N2O. The second-order valence-electron chi connectivity index (χ2n) is 12.8. The van der Waals surface area contributed by atoms with Gasteiger partial charge in [0.1, 0.15) is 11.1 Å². The summed E-state index contributed by atoms with van der Waals surface area (Å²) in [6.45, 7) is 0. The van der Waals surface area contributed by atoms with Gasteiger partial charge >= 0.3 is 0 Å². The first-order valence-electron chi connectivity index (χ1n) is 16.9. The molecule has 3 aromatic heterocycles. The molecule has 50 heavy (non-hydrogen) atoms. The molecular weight excluding hydrogens is 609 g/mol. The minimum atomic E-state index is 0.816. The summed E-state index contributed by atoms with van der Waals surface area (Å²) in [6, 6.07) is 62.9. The molecule has 0 amide bonds. The van der Waals surface area contributed by atoms with Crippen LogP contribution in [0.1, 0.15) is 0 Å². The molecule has 3 nitrogen and oxygen atoms in total. The highest BCUT2D eigenvalue weighted by atomic mass is 16.3. The van der Waals surface area contributed by atoms with E-state index in [9.17, 15) is 0 Å². The Bertz CT molecular complexity index is 2770. The number of fused-ring (bicyclic) bond motifs is 6. The van der Waals surface area contributed by atoms with Gasteiger partial charge in [0.15, 0.2) is 5.58 Å². The van der Waals surface area contributed by atoms with E-state index in [1.54, 1.807) is 0 Å². The summed E-state index contributed by atoms with van der Waals surface area (Å²) < 4.78 is 8.32. The average molecular weight is 639 g/mol. The number of nitrogens with zero attached hydrogens (tertiary/aromatic N) is 2. The van der Waals surface area contributed by atoms with Crippen LogP contribution in [0, 0.1) is 0 Å². The Hall–Kier alpha value is -6.71. The van der Waals surface area contributed by atoms with Crippen molar-refractivity contribution in [3.8, 4) is 50.2 Å². The number of rotatable bonds is 5. The number of aromatic nitrogens is 2. The third-order valence-electron chi connectivity index (χ3n) is 9.92. The number of hydrogen-bond donors (Lipinski definition) is 0. The lowest BCUT2D eigenvalue weighted by Gasteiger charge is -2.10. The van der Waals surface area contributed by atoms with Crippen LogP contribution >= 0.6 is 0 Å². The Kier molecular flexibility index (Phi) is 6.49. The molecule has 0 spiro atoms. The van der Waals surface area contributed by atoms with Crippen LogP contribution in [0.25, 0.3) is 94.1 Å². The average Bonchev–Trinajstić information content (AvgIpc) is 3.74. The maximum Gasteiger partial charge on any atom is 0.153 e. The van der Waals surface area contributed by atoms with Crippen LogP contribution in [-0.4, -0.2) is 9.55 Å². The number of hydrogen-bond acceptors (Lipinski definition) is 2. The fourth-order valence-electron chi connectivity index (χ4n) is 7.35. The third-order valence-corrected chi connectivity index (χ3v) is 9.92. The summed E-state index contributed by atoms with van der Waals surface area (Å²) >= 11 is 0. The summed E-state index contributed by atoms with van der Waals surface area (Å²) in [5.74, 6) is 0. The van der Waals surface area contributed by atoms with E-state index >= 15 is 0 Å². The van der Waals surface area contributed by atoms with Crippen molar-refractivity contribution in [3.63, 3.8) is 0 Å². The zero-order chi connectivity index (χ0) is 33.0. The lowest BCUT2D eigenvalue weighted by atomic mass is 9.96. The van der Waals surface area contributed by atoms with Gasteiger partial charge in [-0.2, -0.15) is 0 Å². The first-order valence-corrected chi connectivity index (χ1v) is 16.9. The first kappa shape index (κ1) is 28.3. The van der Waals surface area contributed by atoms with Crippen molar-refractivity contribution in [1.29, 1.82) is 0 Å². The summed E-state index contributed by atoms with van der Waals surface area (Å²) in [5, 5.41) is 3.60. The summed E-state index contributed by atoms with van der Waals surface area (Å²) in [5.41, 5.74) is 15.7. The van der Waals surface area contributed by atoms with Crippen molar-refractivity contribution in [2.45, 2.75) is 0 Å². The van der Waals surface area contributed by atoms with Crippen LogP contribution in [0.15, 0.2) is 187 Å². The molecule has 3 heteroatoms. The smallest absolute Gasteiger partial charge is 0.153 e. The predicted molar refractivity (Wildman–Crippen MR) is 208 cm³/mol. The van der Waals surface area contributed by atoms with E-state index in [0.717, 1.165) is 27.6 Å². The highest BCUT2D eigenvalue weighted by Crippen LogP contribution is 2.35. The minimum absolute atomic E-state index is 0.816. The molecule has 10 aromatic rings. The molecule has 0 aliphatic heterocycles. The largest absolute Gasteiger partial charge is 0.454 e. The monoisotopic (exact) mass is 638 g/mol. The van der Waals surface area contributed by atoms with Crippen LogP contribution in [-0.2, 0) is 0 Å². The predicted octanol–water partition coefficient (Wildman–Crippen LogP) is 12.7. The summed E-state index contributed by atoms with van der Waals surface area (Å²) in [6.07, 6.45) is 1.81. The van der Waals surface area contributed by atoms with Gasteiger partial charge < -0.3 is 8.98 Å². The normalized spacial score (nSPS) is 11.6. The molecule has 7 aromatic carbocycles. The highest BCUT2D eigenvalue weighted by molar-refractivity contribution is 6.09. The van der Waals surface area contributed by atoms with Gasteiger partial charge in [-0.1, -0.05) is 127 Å². The molecule has 3 heterocycles. The van der Waals surface area contributed by atoms with Crippen LogP contribution in [0.3, 0.4) is 0 Å². The Morgan fingerprint density at radius 2 is 0.800 bits per heavy atom. The lowest BCUT2D eigenvalue weighted by molar-refractivity contribution is 0.668. The van der Waals surface area contributed by atoms with Gasteiger partial charge in [0.05, 0.1) is 11.0 Å². The van der Waals surface area contributed by atoms with Crippen molar-refractivity contribution >= 4 is 43.9 Å². The van der Waals surface area contributed by atoms with E-state index in [0.29, 0.717) is 0 Å². The van der Waals surface area contributed by atoms with Crippen molar-refractivity contribution in [3.05, 3.63) is 182 Å². The standard InChI is InChI=1S/C47H30N2O/c1-3-8-43-40(6-1)41-7-2-4-9-44(41)49(43)39-26-23-36(24-27-39)35-17-15-32(16-18-35)31-11-13-33(14-12-31)34-19-21-37(22-20-34)38-25-28-45-42(30-38)47-46(50-45)10-5-29-48-47/h1-30H. The molecule has 10 rings (SSSR count). The quantitative estimate of drug-likeness (QED) is 0.188. The van der Waals surface area contributed by atoms with Gasteiger partial charge in [-0.25, -0.2) is 0 Å². The van der Waals surface area contributed by atoms with Crippen molar-refractivity contribution in [2.24, 2.45) is 0 Å². The zero-order valence-corrected chi connectivity index (χ0v) is 27.1. The van der Waals surface area contributed by atoms with E-state index in [1.807, 2.05) is 24.4 Å². The lowest BCUT2D eigenvalue weighted by Crippen LogP contribution is -1.93. The molecule has 0 atom stereocenters. The molecule has 0 radical (unpaired) electrons. The topological polar surface area (TPSA) is 31.0 Å². The van der Waals surface area contributed by atoms with E-state index in [2.05, 4.69) is 167 Å². The highest BCUT2D eigenvalue weighted by Gasteiger charge is 2.12. The number of pyridine rings is 1. The Balaban J connectivity index is 0.870. The van der Waals surface area contributed by atoms with Crippen molar-refractivity contribution < 1.29 is 4.42 Å². The van der Waals surface area contributed by atoms with Gasteiger partial charge in [-0.05, 0) is 93.0 Å². The van der Waals surface area contributed by atoms with Crippen LogP contribution in [0.4, 0.5) is 0 Å². The molecule has 0 N–H and O–H groups in total. The van der Waals surface area contributed by atoms with Gasteiger partial charge in [0.25, 0.3) is 0 Å². The van der Waals surface area contributed by atoms with Gasteiger partial charge in [0.2, 0.25) is 0 Å². The molecule has 0 bridgehead atoms. The second kappa shape index (κ2) is 11.5. The summed E-state index contributed by atoms with van der Waals surface area (Å²) in [4.78, 5) is 4.54. The molecule has 0 saturated heterocycles. The Morgan fingerprint density at radius 3 is 1.32 bits per heavy atom. The van der Waals surface area contributed by atoms with E-state index in [1.165, 1.54) is 66.4 Å². The van der Waals surface area contributed by atoms with Gasteiger partial charge in [-0.15, -0.1) is 0 Å². The van der Waals surface area contributed by atoms with Gasteiger partial charge in [-0.3, -0.25) is 4.98 Å². The molecule has 0 saturated carbocycles. The third kappa shape index (κ3) is 4.71. The molecule has 0 aliphatic carbocycles. The number of benzene rings is 7. The Labute approximate surface area is 289 Å². The fourth-order valence-corrected chi connectivity index (χ4v) is 7.35. The maximum atomic E-state index is 5.96. The van der Waals surface area contributed by atoms with Crippen LogP contribution in [0.2, 0.25) is 0 Å². The van der Waals surface area contributed by atoms with Crippen molar-refractivity contribution in [1.82, 2.24) is 9.55 Å². The number of para-hydroxylation sites is 2. The molecule has 0 fully saturated rings. The first-order chi connectivity index (χ1) is 24.8. The minimum Gasteiger partial charge on any atom is -0.454 e. The van der Waals surface area contributed by atoms with E-state index in [-0.39, 0.29) is 0 Å². The maximum absolute atomic E-state index is 5.96. The zero-order valence-electron chi connectivity index (χ0n) is 27.1.